The molecular weight excluding hydrogens is 276 g/mol. The van der Waals surface area contributed by atoms with E-state index in [1.807, 2.05) is 18.7 Å². The standard InChI is InChI=1S/C18H32N2O2/c1-13(2)7-8-16(21)20-11-15(17(22)19-14(3)4)18(12-20)9-5-6-10-18/h13-15H,5-12H2,1-4H3,(H,19,22). The first-order chi connectivity index (χ1) is 10.3. The highest BCUT2D eigenvalue weighted by Gasteiger charge is 2.52. The number of rotatable bonds is 5. The minimum Gasteiger partial charge on any atom is -0.354 e. The Bertz CT molecular complexity index is 411. The Morgan fingerprint density at radius 3 is 2.36 bits per heavy atom. The molecule has 126 valence electrons. The third-order valence-corrected chi connectivity index (χ3v) is 5.28. The number of nitrogens with one attached hydrogen (secondary N) is 1. The summed E-state index contributed by atoms with van der Waals surface area (Å²) in [5, 5.41) is 3.07. The SMILES string of the molecule is CC(C)CCC(=O)N1CC(C(=O)NC(C)C)C2(CCCC2)C1. The Labute approximate surface area is 135 Å². The number of likely N-dealkylation sites (tertiary alicyclic amines) is 1. The van der Waals surface area contributed by atoms with E-state index in [0.717, 1.165) is 25.8 Å². The highest BCUT2D eigenvalue weighted by molar-refractivity contribution is 5.83. The van der Waals surface area contributed by atoms with Crippen LogP contribution in [-0.2, 0) is 9.59 Å². The molecule has 1 spiro atoms. The molecule has 2 aliphatic rings. The Morgan fingerprint density at radius 1 is 1.18 bits per heavy atom. The van der Waals surface area contributed by atoms with Crippen molar-refractivity contribution in [3.8, 4) is 0 Å². The van der Waals surface area contributed by atoms with Gasteiger partial charge in [0.2, 0.25) is 11.8 Å². The zero-order valence-electron chi connectivity index (χ0n) is 14.7. The predicted molar refractivity (Wildman–Crippen MR) is 88.3 cm³/mol. The molecule has 1 aliphatic heterocycles. The van der Waals surface area contributed by atoms with Crippen LogP contribution >= 0.6 is 0 Å². The topological polar surface area (TPSA) is 49.4 Å². The van der Waals surface area contributed by atoms with Gasteiger partial charge in [0.15, 0.2) is 0 Å². The van der Waals surface area contributed by atoms with Gasteiger partial charge in [-0.05, 0) is 39.0 Å². The van der Waals surface area contributed by atoms with Gasteiger partial charge >= 0.3 is 0 Å². The minimum atomic E-state index is -0.0135. The summed E-state index contributed by atoms with van der Waals surface area (Å²) >= 11 is 0. The van der Waals surface area contributed by atoms with Crippen molar-refractivity contribution in [1.82, 2.24) is 10.2 Å². The molecule has 2 fully saturated rings. The smallest absolute Gasteiger partial charge is 0.225 e. The first kappa shape index (κ1) is 17.3. The van der Waals surface area contributed by atoms with E-state index in [2.05, 4.69) is 19.2 Å². The van der Waals surface area contributed by atoms with Gasteiger partial charge in [-0.3, -0.25) is 9.59 Å². The maximum atomic E-state index is 12.6. The summed E-state index contributed by atoms with van der Waals surface area (Å²) in [6.07, 6.45) is 6.13. The fourth-order valence-electron chi connectivity index (χ4n) is 4.06. The third-order valence-electron chi connectivity index (χ3n) is 5.28. The monoisotopic (exact) mass is 308 g/mol. The molecule has 1 unspecified atom stereocenters. The molecule has 1 saturated carbocycles. The molecule has 1 atom stereocenters. The summed E-state index contributed by atoms with van der Waals surface area (Å²) in [5.74, 6) is 0.920. The largest absolute Gasteiger partial charge is 0.354 e. The number of nitrogens with zero attached hydrogens (tertiary/aromatic N) is 1. The van der Waals surface area contributed by atoms with E-state index in [1.54, 1.807) is 0 Å². The van der Waals surface area contributed by atoms with E-state index in [9.17, 15) is 9.59 Å². The van der Waals surface area contributed by atoms with E-state index in [0.29, 0.717) is 18.9 Å². The van der Waals surface area contributed by atoms with Gasteiger partial charge in [-0.2, -0.15) is 0 Å². The minimum absolute atomic E-state index is 0.0135. The molecule has 4 heteroatoms. The molecule has 2 amide bonds. The number of amides is 2. The third kappa shape index (κ3) is 3.82. The van der Waals surface area contributed by atoms with Crippen molar-refractivity contribution in [2.45, 2.75) is 72.3 Å². The molecule has 22 heavy (non-hydrogen) atoms. The van der Waals surface area contributed by atoms with Crippen LogP contribution in [0.3, 0.4) is 0 Å². The molecule has 0 bridgehead atoms. The number of hydrogen-bond donors (Lipinski definition) is 1. The average Bonchev–Trinajstić information content (AvgIpc) is 3.04. The van der Waals surface area contributed by atoms with Crippen LogP contribution in [0, 0.1) is 17.3 Å². The lowest BCUT2D eigenvalue weighted by molar-refractivity contribution is -0.131. The lowest BCUT2D eigenvalue weighted by Crippen LogP contribution is -2.42. The molecule has 1 N–H and O–H groups in total. The number of hydrogen-bond acceptors (Lipinski definition) is 2. The van der Waals surface area contributed by atoms with Gasteiger partial charge in [-0.15, -0.1) is 0 Å². The van der Waals surface area contributed by atoms with Gasteiger partial charge in [0.05, 0.1) is 5.92 Å². The summed E-state index contributed by atoms with van der Waals surface area (Å²) in [6, 6.07) is 0.164. The van der Waals surface area contributed by atoms with Crippen LogP contribution in [-0.4, -0.2) is 35.8 Å². The van der Waals surface area contributed by atoms with Crippen molar-refractivity contribution >= 4 is 11.8 Å². The van der Waals surface area contributed by atoms with Gasteiger partial charge < -0.3 is 10.2 Å². The second-order valence-corrected chi connectivity index (χ2v) is 7.99. The van der Waals surface area contributed by atoms with E-state index in [4.69, 9.17) is 0 Å². The summed E-state index contributed by atoms with van der Waals surface area (Å²) in [4.78, 5) is 27.0. The Morgan fingerprint density at radius 2 is 1.82 bits per heavy atom. The Hall–Kier alpha value is -1.06. The number of carbonyl (C=O) groups excluding carboxylic acids is 2. The van der Waals surface area contributed by atoms with Crippen LogP contribution in [0.4, 0.5) is 0 Å². The molecule has 4 nitrogen and oxygen atoms in total. The van der Waals surface area contributed by atoms with Gasteiger partial charge in [0, 0.05) is 31.0 Å². The predicted octanol–water partition coefficient (Wildman–Crippen LogP) is 2.97. The van der Waals surface area contributed by atoms with Crippen LogP contribution in [0.25, 0.3) is 0 Å². The zero-order valence-corrected chi connectivity index (χ0v) is 14.7. The molecule has 0 aromatic heterocycles. The summed E-state index contributed by atoms with van der Waals surface area (Å²) in [7, 11) is 0. The normalized spacial score (nSPS) is 23.7. The lowest BCUT2D eigenvalue weighted by atomic mass is 9.76. The lowest BCUT2D eigenvalue weighted by Gasteiger charge is -2.29. The summed E-state index contributed by atoms with van der Waals surface area (Å²) in [6.45, 7) is 9.71. The van der Waals surface area contributed by atoms with E-state index >= 15 is 0 Å². The van der Waals surface area contributed by atoms with Crippen molar-refractivity contribution in [2.24, 2.45) is 17.3 Å². The molecule has 1 aliphatic carbocycles. The molecule has 1 heterocycles. The molecule has 0 radical (unpaired) electrons. The maximum absolute atomic E-state index is 12.6. The Kier molecular flexibility index (Phi) is 5.51. The van der Waals surface area contributed by atoms with E-state index in [1.165, 1.54) is 12.8 Å². The van der Waals surface area contributed by atoms with Crippen LogP contribution in [0.1, 0.15) is 66.2 Å². The van der Waals surface area contributed by atoms with Crippen LogP contribution in [0.5, 0.6) is 0 Å². The fraction of sp³-hybridized carbons (Fsp3) is 0.889. The molecule has 1 saturated heterocycles. The summed E-state index contributed by atoms with van der Waals surface area (Å²) in [5.41, 5.74) is 0.0481. The summed E-state index contributed by atoms with van der Waals surface area (Å²) < 4.78 is 0. The van der Waals surface area contributed by atoms with Gasteiger partial charge in [-0.1, -0.05) is 26.7 Å². The van der Waals surface area contributed by atoms with Crippen molar-refractivity contribution in [2.75, 3.05) is 13.1 Å². The van der Waals surface area contributed by atoms with Crippen LogP contribution < -0.4 is 5.32 Å². The van der Waals surface area contributed by atoms with Crippen molar-refractivity contribution < 1.29 is 9.59 Å². The second kappa shape index (κ2) is 7.01. The first-order valence-corrected chi connectivity index (χ1v) is 8.92. The highest BCUT2D eigenvalue weighted by Crippen LogP contribution is 2.49. The highest BCUT2D eigenvalue weighted by atomic mass is 16.2. The first-order valence-electron chi connectivity index (χ1n) is 8.92. The molecule has 2 rings (SSSR count). The average molecular weight is 308 g/mol. The zero-order chi connectivity index (χ0) is 16.3. The van der Waals surface area contributed by atoms with Gasteiger partial charge in [0.1, 0.15) is 0 Å². The van der Waals surface area contributed by atoms with E-state index in [-0.39, 0.29) is 29.2 Å². The fourth-order valence-corrected chi connectivity index (χ4v) is 4.06. The second-order valence-electron chi connectivity index (χ2n) is 7.99. The quantitative estimate of drug-likeness (QED) is 0.849. The molecule has 0 aromatic carbocycles. The van der Waals surface area contributed by atoms with Crippen LogP contribution in [0.2, 0.25) is 0 Å². The molecule has 0 aromatic rings. The van der Waals surface area contributed by atoms with Gasteiger partial charge in [-0.25, -0.2) is 0 Å². The molecular formula is C18H32N2O2. The van der Waals surface area contributed by atoms with Crippen LogP contribution in [0.15, 0.2) is 0 Å². The van der Waals surface area contributed by atoms with Crippen molar-refractivity contribution in [3.63, 3.8) is 0 Å². The Balaban J connectivity index is 2.05. The maximum Gasteiger partial charge on any atom is 0.225 e. The van der Waals surface area contributed by atoms with Crippen molar-refractivity contribution in [3.05, 3.63) is 0 Å². The number of carbonyl (C=O) groups is 2. The van der Waals surface area contributed by atoms with Gasteiger partial charge in [0.25, 0.3) is 0 Å². The van der Waals surface area contributed by atoms with E-state index < -0.39 is 0 Å². The van der Waals surface area contributed by atoms with Crippen molar-refractivity contribution in [1.29, 1.82) is 0 Å².